The van der Waals surface area contributed by atoms with Gasteiger partial charge in [0.2, 0.25) is 11.2 Å². The largest absolute Gasteiger partial charge is 0.431 e. The van der Waals surface area contributed by atoms with Crippen molar-refractivity contribution in [3.63, 3.8) is 0 Å². The van der Waals surface area contributed by atoms with Gasteiger partial charge < -0.3 is 9.32 Å². The van der Waals surface area contributed by atoms with Gasteiger partial charge in [-0.15, -0.1) is 0 Å². The molecule has 1 aromatic carbocycles. The highest BCUT2D eigenvalue weighted by Crippen LogP contribution is 2.23. The molecule has 0 aliphatic carbocycles. The molecule has 0 amide bonds. The summed E-state index contributed by atoms with van der Waals surface area (Å²) in [4.78, 5) is 37.2. The zero-order chi connectivity index (χ0) is 22.4. The summed E-state index contributed by atoms with van der Waals surface area (Å²) in [6.45, 7) is 4.37. The van der Waals surface area contributed by atoms with Gasteiger partial charge >= 0.3 is 11.6 Å². The van der Waals surface area contributed by atoms with Gasteiger partial charge in [0, 0.05) is 19.8 Å². The number of imidazole rings is 1. The quantitative estimate of drug-likeness (QED) is 0.299. The lowest BCUT2D eigenvalue weighted by Gasteiger charge is -2.26. The molecule has 4 aromatic rings. The first-order chi connectivity index (χ1) is 15.4. The first kappa shape index (κ1) is 20.8. The number of aromatic amines is 1. The Morgan fingerprint density at radius 1 is 1.19 bits per heavy atom. The third kappa shape index (κ3) is 3.51. The number of anilines is 1. The lowest BCUT2D eigenvalue weighted by Crippen LogP contribution is -3.12. The number of benzene rings is 1. The van der Waals surface area contributed by atoms with E-state index in [0.717, 1.165) is 43.2 Å². The summed E-state index contributed by atoms with van der Waals surface area (Å²) in [6, 6.07) is 7.69. The minimum atomic E-state index is -0.342. The summed E-state index contributed by atoms with van der Waals surface area (Å²) in [5.41, 5.74) is 2.02. The third-order valence-electron chi connectivity index (χ3n) is 6.13. The van der Waals surface area contributed by atoms with E-state index in [1.165, 1.54) is 32.8 Å². The van der Waals surface area contributed by atoms with Gasteiger partial charge in [-0.05, 0) is 12.1 Å². The lowest BCUT2D eigenvalue weighted by molar-refractivity contribution is -0.880. The number of aryl methyl sites for hydroxylation is 2. The average molecular weight is 458 g/mol. The number of fused-ring (bicyclic) bond motifs is 2. The van der Waals surface area contributed by atoms with Gasteiger partial charge in [-0.2, -0.15) is 0 Å². The molecule has 1 fully saturated rings. The van der Waals surface area contributed by atoms with E-state index in [2.05, 4.69) is 21.9 Å². The van der Waals surface area contributed by atoms with Crippen molar-refractivity contribution in [2.75, 3.05) is 43.9 Å². The standard InChI is InChI=1S/C21H25N7O3S/c1-24-8-10-27(11-9-24)19-23-17-16(18(29)26(3)21(30)25(17)2)28(19)12-13-32-20-22-14-6-4-5-7-15(14)31-20/h4-7H,8-13H2,1-3H3/p+2. The number of H-pyrrole nitrogens is 1. The fraction of sp³-hybridized carbons (Fsp3) is 0.429. The van der Waals surface area contributed by atoms with Gasteiger partial charge in [0.15, 0.2) is 5.58 Å². The Bertz CT molecular complexity index is 1380. The molecule has 0 spiro atoms. The summed E-state index contributed by atoms with van der Waals surface area (Å²) in [5, 5.41) is 0.608. The van der Waals surface area contributed by atoms with Crippen molar-refractivity contribution < 1.29 is 13.9 Å². The molecule has 168 valence electrons. The Labute approximate surface area is 188 Å². The molecule has 0 atom stereocenters. The first-order valence-electron chi connectivity index (χ1n) is 10.7. The number of aromatic nitrogens is 5. The van der Waals surface area contributed by atoms with E-state index in [-0.39, 0.29) is 11.2 Å². The number of quaternary nitrogens is 1. The summed E-state index contributed by atoms with van der Waals surface area (Å²) in [5.74, 6) is 1.53. The highest BCUT2D eigenvalue weighted by molar-refractivity contribution is 7.99. The average Bonchev–Trinajstić information content (AvgIpc) is 3.38. The Hall–Kier alpha value is -3.05. The van der Waals surface area contributed by atoms with E-state index in [1.54, 1.807) is 7.05 Å². The molecule has 0 saturated carbocycles. The second kappa shape index (κ2) is 8.14. The number of nitrogens with zero attached hydrogens (tertiary/aromatic N) is 5. The van der Waals surface area contributed by atoms with Crippen molar-refractivity contribution in [1.82, 2.24) is 19.1 Å². The molecular weight excluding hydrogens is 430 g/mol. The van der Waals surface area contributed by atoms with Gasteiger partial charge in [0.1, 0.15) is 31.7 Å². The fourth-order valence-corrected chi connectivity index (χ4v) is 4.96. The van der Waals surface area contributed by atoms with Gasteiger partial charge in [-0.3, -0.25) is 18.8 Å². The van der Waals surface area contributed by atoms with Gasteiger partial charge in [-0.1, -0.05) is 23.9 Å². The van der Waals surface area contributed by atoms with Crippen molar-refractivity contribution >= 4 is 40.0 Å². The molecule has 1 saturated heterocycles. The molecular formula is C21H27N7O3S+2. The number of oxazole rings is 1. The summed E-state index contributed by atoms with van der Waals surface area (Å²) >= 11 is 1.51. The molecule has 0 radical (unpaired) electrons. The Morgan fingerprint density at radius 3 is 2.69 bits per heavy atom. The van der Waals surface area contributed by atoms with Gasteiger partial charge in [-0.25, -0.2) is 19.3 Å². The molecule has 4 heterocycles. The van der Waals surface area contributed by atoms with Crippen LogP contribution in [0.3, 0.4) is 0 Å². The van der Waals surface area contributed by atoms with Crippen LogP contribution in [0.1, 0.15) is 0 Å². The van der Waals surface area contributed by atoms with Crippen molar-refractivity contribution in [1.29, 1.82) is 0 Å². The van der Waals surface area contributed by atoms with Crippen LogP contribution in [0.5, 0.6) is 0 Å². The Morgan fingerprint density at radius 2 is 1.94 bits per heavy atom. The smallest absolute Gasteiger partial charge is 0.360 e. The minimum absolute atomic E-state index is 0.294. The summed E-state index contributed by atoms with van der Waals surface area (Å²) in [6.07, 6.45) is 0. The van der Waals surface area contributed by atoms with Crippen molar-refractivity contribution in [2.24, 2.45) is 14.1 Å². The van der Waals surface area contributed by atoms with Crippen LogP contribution in [0, 0.1) is 0 Å². The topological polar surface area (TPSA) is 97.4 Å². The SMILES string of the molecule is Cn1c(=O)c2c([nH]c(N3CC[NH+](C)CC3)[n+]2CCSc2nc3ccccc3o2)n(C)c1=O. The molecule has 11 heteroatoms. The van der Waals surface area contributed by atoms with E-state index in [0.29, 0.717) is 28.7 Å². The van der Waals surface area contributed by atoms with Crippen molar-refractivity contribution in [2.45, 2.75) is 11.8 Å². The molecule has 1 aliphatic rings. The second-order valence-electron chi connectivity index (χ2n) is 8.24. The summed E-state index contributed by atoms with van der Waals surface area (Å²) in [7, 11) is 5.40. The summed E-state index contributed by atoms with van der Waals surface area (Å²) < 4.78 is 10.5. The van der Waals surface area contributed by atoms with E-state index in [9.17, 15) is 9.59 Å². The maximum Gasteiger partial charge on any atom is 0.360 e. The number of nitrogens with one attached hydrogen (secondary N) is 2. The van der Waals surface area contributed by atoms with Crippen LogP contribution < -0.4 is 25.6 Å². The maximum absolute atomic E-state index is 13.1. The first-order valence-corrected chi connectivity index (χ1v) is 11.7. The maximum atomic E-state index is 13.1. The molecule has 10 nitrogen and oxygen atoms in total. The lowest BCUT2D eigenvalue weighted by atomic mass is 10.3. The van der Waals surface area contributed by atoms with Crippen LogP contribution >= 0.6 is 11.8 Å². The zero-order valence-electron chi connectivity index (χ0n) is 18.4. The Balaban J connectivity index is 1.51. The van der Waals surface area contributed by atoms with Crippen LogP contribution in [0.4, 0.5) is 5.95 Å². The van der Waals surface area contributed by atoms with E-state index >= 15 is 0 Å². The number of likely N-dealkylation sites (N-methyl/N-ethyl adjacent to an activating group) is 1. The van der Waals surface area contributed by atoms with Gasteiger partial charge in [0.25, 0.3) is 10.8 Å². The van der Waals surface area contributed by atoms with Crippen LogP contribution in [0.15, 0.2) is 43.5 Å². The predicted octanol–water partition coefficient (Wildman–Crippen LogP) is -0.879. The van der Waals surface area contributed by atoms with Crippen LogP contribution in [-0.2, 0) is 20.6 Å². The van der Waals surface area contributed by atoms with Crippen molar-refractivity contribution in [3.05, 3.63) is 45.1 Å². The second-order valence-corrected chi connectivity index (χ2v) is 9.29. The molecule has 2 N–H and O–H groups in total. The predicted molar refractivity (Wildman–Crippen MR) is 123 cm³/mol. The van der Waals surface area contributed by atoms with E-state index in [1.807, 2.05) is 28.8 Å². The van der Waals surface area contributed by atoms with E-state index < -0.39 is 0 Å². The minimum Gasteiger partial charge on any atom is -0.431 e. The van der Waals surface area contributed by atoms with Gasteiger partial charge in [0.05, 0.1) is 13.6 Å². The zero-order valence-corrected chi connectivity index (χ0v) is 19.2. The molecule has 5 rings (SSSR count). The van der Waals surface area contributed by atoms with E-state index in [4.69, 9.17) is 4.42 Å². The number of rotatable bonds is 5. The third-order valence-corrected chi connectivity index (χ3v) is 6.94. The molecule has 32 heavy (non-hydrogen) atoms. The molecule has 0 bridgehead atoms. The Kier molecular flexibility index (Phi) is 5.30. The molecule has 3 aromatic heterocycles. The fourth-order valence-electron chi connectivity index (χ4n) is 4.20. The molecule has 1 aliphatic heterocycles. The highest BCUT2D eigenvalue weighted by atomic mass is 32.2. The highest BCUT2D eigenvalue weighted by Gasteiger charge is 2.31. The monoisotopic (exact) mass is 457 g/mol. The van der Waals surface area contributed by atoms with Crippen LogP contribution in [0.25, 0.3) is 22.3 Å². The number of hydrogen-bond donors (Lipinski definition) is 2. The number of para-hydroxylation sites is 2. The number of hydrogen-bond acceptors (Lipinski definition) is 6. The molecule has 0 unspecified atom stereocenters. The van der Waals surface area contributed by atoms with Crippen molar-refractivity contribution in [3.8, 4) is 0 Å². The van der Waals surface area contributed by atoms with Crippen LogP contribution in [0.2, 0.25) is 0 Å². The number of piperazine rings is 1. The number of thioether (sulfide) groups is 1. The normalized spacial score (nSPS) is 15.3. The van der Waals surface area contributed by atoms with Crippen LogP contribution in [-0.4, -0.2) is 58.1 Å².